The van der Waals surface area contributed by atoms with Crippen LogP contribution in [0.3, 0.4) is 0 Å². The Balaban J connectivity index is 1.47. The van der Waals surface area contributed by atoms with Crippen molar-refractivity contribution in [2.24, 2.45) is 0 Å². The summed E-state index contributed by atoms with van der Waals surface area (Å²) >= 11 is 12.4. The highest BCUT2D eigenvalue weighted by Gasteiger charge is 2.25. The van der Waals surface area contributed by atoms with Gasteiger partial charge in [0.2, 0.25) is 6.41 Å². The summed E-state index contributed by atoms with van der Waals surface area (Å²) in [6.45, 7) is 3.09. The van der Waals surface area contributed by atoms with Crippen LogP contribution in [0, 0.1) is 0 Å². The molecule has 0 spiro atoms. The van der Waals surface area contributed by atoms with Crippen molar-refractivity contribution in [1.82, 2.24) is 15.2 Å². The van der Waals surface area contributed by atoms with Gasteiger partial charge in [-0.25, -0.2) is 4.98 Å². The van der Waals surface area contributed by atoms with E-state index in [9.17, 15) is 9.59 Å². The first kappa shape index (κ1) is 25.9. The maximum Gasteiger partial charge on any atom is 0.255 e. The maximum atomic E-state index is 13.5. The number of carbonyl (C=O) groups excluding carboxylic acids is 2. The molecule has 0 unspecified atom stereocenters. The summed E-state index contributed by atoms with van der Waals surface area (Å²) in [6, 6.07) is 14.2. The van der Waals surface area contributed by atoms with E-state index in [2.05, 4.69) is 20.5 Å². The van der Waals surface area contributed by atoms with E-state index < -0.39 is 0 Å². The van der Waals surface area contributed by atoms with Crippen molar-refractivity contribution in [1.29, 1.82) is 0 Å². The largest absolute Gasteiger partial charge is 0.386 e. The van der Waals surface area contributed by atoms with Gasteiger partial charge in [-0.15, -0.1) is 0 Å². The Morgan fingerprint density at radius 2 is 1.71 bits per heavy atom. The van der Waals surface area contributed by atoms with Crippen LogP contribution in [-0.4, -0.2) is 55.9 Å². The molecule has 1 aromatic heterocycles. The number of hydrogen-bond acceptors (Lipinski definition) is 6. The molecule has 0 atom stereocenters. The van der Waals surface area contributed by atoms with Gasteiger partial charge in [0.05, 0.1) is 27.8 Å². The first-order chi connectivity index (χ1) is 18.4. The molecule has 0 aliphatic carbocycles. The number of carbonyl (C=O) groups is 2. The number of pyridine rings is 1. The maximum absolute atomic E-state index is 13.5. The van der Waals surface area contributed by atoms with Crippen LogP contribution in [0.2, 0.25) is 10.0 Å². The first-order valence-corrected chi connectivity index (χ1v) is 13.1. The second-order valence-electron chi connectivity index (χ2n) is 9.40. The zero-order valence-corrected chi connectivity index (χ0v) is 22.7. The standard InChI is InChI=1S/C28H28Cl2N6O2/c1-34(2)23-14-21(30)15-24(36(17-37)25-9-8-20(29)16-32-25)26(23)33-28(38)19-6-4-18(5-7-19)27(22-10-11-31-22)35-12-3-13-35/h4-9,14-17,31H,3,10-13H2,1-2H3,(H,33,38). The third-order valence-corrected chi connectivity index (χ3v) is 7.14. The number of benzene rings is 2. The summed E-state index contributed by atoms with van der Waals surface area (Å²) in [5.41, 5.74) is 5.52. The molecule has 10 heteroatoms. The molecule has 2 fully saturated rings. The molecule has 0 saturated carbocycles. The summed E-state index contributed by atoms with van der Waals surface area (Å²) in [4.78, 5) is 35.5. The third-order valence-electron chi connectivity index (χ3n) is 6.70. The van der Waals surface area contributed by atoms with Gasteiger partial charge in [0, 0.05) is 62.6 Å². The molecule has 3 aromatic rings. The fourth-order valence-corrected chi connectivity index (χ4v) is 4.82. The number of amides is 2. The number of hydrogen-bond donors (Lipinski definition) is 2. The van der Waals surface area contributed by atoms with Gasteiger partial charge in [-0.05, 0) is 48.4 Å². The lowest BCUT2D eigenvalue weighted by Gasteiger charge is -2.39. The average molecular weight is 551 g/mol. The minimum atomic E-state index is -0.307. The fourth-order valence-electron chi connectivity index (χ4n) is 4.50. The summed E-state index contributed by atoms with van der Waals surface area (Å²) < 4.78 is 0. The van der Waals surface area contributed by atoms with Crippen molar-refractivity contribution in [2.75, 3.05) is 48.8 Å². The molecule has 2 aliphatic rings. The minimum Gasteiger partial charge on any atom is -0.386 e. The number of nitrogens with one attached hydrogen (secondary N) is 2. The van der Waals surface area contributed by atoms with Gasteiger partial charge in [-0.1, -0.05) is 35.3 Å². The highest BCUT2D eigenvalue weighted by atomic mass is 35.5. The van der Waals surface area contributed by atoms with Crippen LogP contribution in [0.5, 0.6) is 0 Å². The highest BCUT2D eigenvalue weighted by molar-refractivity contribution is 6.32. The van der Waals surface area contributed by atoms with E-state index in [0.29, 0.717) is 44.9 Å². The van der Waals surface area contributed by atoms with Crippen LogP contribution in [0.1, 0.15) is 28.8 Å². The van der Waals surface area contributed by atoms with Crippen molar-refractivity contribution in [3.8, 4) is 0 Å². The van der Waals surface area contributed by atoms with Crippen molar-refractivity contribution >= 4 is 64.1 Å². The Morgan fingerprint density at radius 3 is 2.24 bits per heavy atom. The smallest absolute Gasteiger partial charge is 0.255 e. The number of halogens is 2. The molecule has 2 saturated heterocycles. The molecule has 8 nitrogen and oxygen atoms in total. The van der Waals surface area contributed by atoms with Gasteiger partial charge in [-0.2, -0.15) is 0 Å². The van der Waals surface area contributed by atoms with Crippen molar-refractivity contribution in [3.05, 3.63) is 81.6 Å². The summed E-state index contributed by atoms with van der Waals surface area (Å²) in [5, 5.41) is 7.28. The zero-order chi connectivity index (χ0) is 26.8. The number of likely N-dealkylation sites (tertiary alicyclic amines) is 1. The van der Waals surface area contributed by atoms with Gasteiger partial charge < -0.3 is 20.4 Å². The normalized spacial score (nSPS) is 15.5. The molecular weight excluding hydrogens is 523 g/mol. The second kappa shape index (κ2) is 10.9. The fraction of sp³-hybridized carbons (Fsp3) is 0.250. The summed E-state index contributed by atoms with van der Waals surface area (Å²) in [7, 11) is 3.68. The molecule has 5 rings (SSSR count). The topological polar surface area (TPSA) is 80.8 Å². The molecule has 38 heavy (non-hydrogen) atoms. The van der Waals surface area contributed by atoms with Crippen LogP contribution in [-0.2, 0) is 4.79 Å². The van der Waals surface area contributed by atoms with E-state index >= 15 is 0 Å². The van der Waals surface area contributed by atoms with Gasteiger partial charge in [-0.3, -0.25) is 14.5 Å². The number of rotatable bonds is 8. The SMILES string of the molecule is CN(C)c1cc(Cl)cc(N(C=O)c2ccc(Cl)cn2)c1NC(=O)c1ccc(C(=C2CCN2)N2CCC2)cc1. The quantitative estimate of drug-likeness (QED) is 0.367. The van der Waals surface area contributed by atoms with Crippen molar-refractivity contribution < 1.29 is 9.59 Å². The van der Waals surface area contributed by atoms with Gasteiger partial charge in [0.1, 0.15) is 5.82 Å². The molecule has 2 amide bonds. The molecule has 0 bridgehead atoms. The summed E-state index contributed by atoms with van der Waals surface area (Å²) in [5.74, 6) is 0.0328. The zero-order valence-electron chi connectivity index (χ0n) is 21.2. The number of anilines is 4. The lowest BCUT2D eigenvalue weighted by molar-refractivity contribution is -0.106. The Morgan fingerprint density at radius 1 is 1.03 bits per heavy atom. The average Bonchev–Trinajstić information content (AvgIpc) is 2.84. The predicted molar refractivity (Wildman–Crippen MR) is 153 cm³/mol. The molecular formula is C28H28Cl2N6O2. The van der Waals surface area contributed by atoms with Crippen LogP contribution in [0.4, 0.5) is 22.9 Å². The predicted octanol–water partition coefficient (Wildman–Crippen LogP) is 5.37. The van der Waals surface area contributed by atoms with Crippen molar-refractivity contribution in [3.63, 3.8) is 0 Å². The van der Waals surface area contributed by atoms with Gasteiger partial charge >= 0.3 is 0 Å². The Hall–Kier alpha value is -3.75. The van der Waals surface area contributed by atoms with Gasteiger partial charge in [0.15, 0.2) is 0 Å². The van der Waals surface area contributed by atoms with Crippen LogP contribution in [0.25, 0.3) is 5.70 Å². The molecule has 0 radical (unpaired) electrons. The minimum absolute atomic E-state index is 0.307. The highest BCUT2D eigenvalue weighted by Crippen LogP contribution is 2.41. The van der Waals surface area contributed by atoms with Gasteiger partial charge in [0.25, 0.3) is 5.91 Å². The molecule has 196 valence electrons. The Kier molecular flexibility index (Phi) is 7.44. The Labute approximate surface area is 231 Å². The van der Waals surface area contributed by atoms with Crippen LogP contribution < -0.4 is 20.4 Å². The molecule has 2 N–H and O–H groups in total. The monoisotopic (exact) mass is 550 g/mol. The van der Waals surface area contributed by atoms with Crippen LogP contribution in [0.15, 0.2) is 60.4 Å². The third kappa shape index (κ3) is 5.14. The van der Waals surface area contributed by atoms with E-state index in [1.165, 1.54) is 28.9 Å². The van der Waals surface area contributed by atoms with Crippen LogP contribution >= 0.6 is 23.2 Å². The second-order valence-corrected chi connectivity index (χ2v) is 10.3. The lowest BCUT2D eigenvalue weighted by atomic mass is 9.99. The van der Waals surface area contributed by atoms with E-state index in [1.807, 2.05) is 43.3 Å². The van der Waals surface area contributed by atoms with Crippen molar-refractivity contribution in [2.45, 2.75) is 12.8 Å². The summed E-state index contributed by atoms with van der Waals surface area (Å²) in [6.07, 6.45) is 4.31. The van der Waals surface area contributed by atoms with E-state index in [1.54, 1.807) is 24.3 Å². The lowest BCUT2D eigenvalue weighted by Crippen LogP contribution is -2.40. The number of aromatic nitrogens is 1. The van der Waals surface area contributed by atoms with E-state index in [-0.39, 0.29) is 5.91 Å². The molecule has 3 heterocycles. The molecule has 2 aromatic carbocycles. The number of nitrogens with zero attached hydrogens (tertiary/aromatic N) is 4. The molecule has 2 aliphatic heterocycles. The first-order valence-electron chi connectivity index (χ1n) is 12.4. The van der Waals surface area contributed by atoms with E-state index in [0.717, 1.165) is 31.6 Å². The Bertz CT molecular complexity index is 1380. The van der Waals surface area contributed by atoms with E-state index in [4.69, 9.17) is 23.2 Å².